The average molecular weight is 306 g/mol. The molecule has 2 rings (SSSR count). The third kappa shape index (κ3) is 5.64. The molecule has 122 valence electrons. The van der Waals surface area contributed by atoms with Gasteiger partial charge in [0, 0.05) is 25.4 Å². The first-order valence-electron chi connectivity index (χ1n) is 8.19. The Morgan fingerprint density at radius 1 is 1.41 bits per heavy atom. The van der Waals surface area contributed by atoms with Gasteiger partial charge < -0.3 is 14.6 Å². The summed E-state index contributed by atoms with van der Waals surface area (Å²) in [4.78, 5) is 23.2. The summed E-state index contributed by atoms with van der Waals surface area (Å²) in [5, 5.41) is 2.84. The van der Waals surface area contributed by atoms with Gasteiger partial charge in [0.05, 0.1) is 6.10 Å². The molecular formula is C17H26N2O3. The summed E-state index contributed by atoms with van der Waals surface area (Å²) in [6, 6.07) is 5.10. The average Bonchev–Trinajstić information content (AvgIpc) is 2.51. The van der Waals surface area contributed by atoms with E-state index in [9.17, 15) is 9.59 Å². The van der Waals surface area contributed by atoms with Crippen molar-refractivity contribution in [3.05, 3.63) is 34.7 Å². The zero-order valence-electron chi connectivity index (χ0n) is 13.3. The van der Waals surface area contributed by atoms with Crippen LogP contribution in [0, 0.1) is 5.92 Å². The normalized spacial score (nSPS) is 21.5. The number of amides is 1. The molecular weight excluding hydrogens is 280 g/mol. The molecule has 0 unspecified atom stereocenters. The number of carbonyl (C=O) groups excluding carboxylic acids is 1. The molecule has 1 N–H and O–H groups in total. The number of nitrogens with zero attached hydrogens (tertiary/aromatic N) is 1. The molecule has 1 aliphatic rings. The molecule has 1 aromatic rings. The fourth-order valence-electron chi connectivity index (χ4n) is 2.90. The molecule has 1 aromatic heterocycles. The second-order valence-corrected chi connectivity index (χ2v) is 6.14. The highest BCUT2D eigenvalue weighted by molar-refractivity contribution is 5.77. The van der Waals surface area contributed by atoms with Gasteiger partial charge in [-0.2, -0.15) is 0 Å². The molecule has 0 aromatic carbocycles. The standard InChI is InChI=1S/C17H26N2O3/c1-14-6-4-7-15(12-14)22-13-16(20)18-9-5-11-19-10-3-2-8-17(19)21/h2-3,8,10,14-15H,4-7,9,11-13H2,1H3,(H,18,20)/t14-,15-/m0/s1. The van der Waals surface area contributed by atoms with E-state index in [-0.39, 0.29) is 24.2 Å². The van der Waals surface area contributed by atoms with Gasteiger partial charge in [-0.15, -0.1) is 0 Å². The number of rotatable bonds is 7. The zero-order chi connectivity index (χ0) is 15.8. The van der Waals surface area contributed by atoms with Crippen molar-refractivity contribution in [3.8, 4) is 0 Å². The molecule has 0 aliphatic heterocycles. The van der Waals surface area contributed by atoms with E-state index >= 15 is 0 Å². The van der Waals surface area contributed by atoms with Gasteiger partial charge in [0.25, 0.3) is 0 Å². The van der Waals surface area contributed by atoms with Gasteiger partial charge in [-0.25, -0.2) is 0 Å². The van der Waals surface area contributed by atoms with Crippen molar-refractivity contribution in [3.63, 3.8) is 0 Å². The largest absolute Gasteiger partial charge is 0.368 e. The Kier molecular flexibility index (Phi) is 6.65. The second kappa shape index (κ2) is 8.73. The molecule has 1 heterocycles. The van der Waals surface area contributed by atoms with Crippen molar-refractivity contribution in [2.75, 3.05) is 13.2 Å². The second-order valence-electron chi connectivity index (χ2n) is 6.14. The van der Waals surface area contributed by atoms with Crippen LogP contribution >= 0.6 is 0 Å². The Balaban J connectivity index is 1.58. The van der Waals surface area contributed by atoms with Crippen LogP contribution in [0.25, 0.3) is 0 Å². The van der Waals surface area contributed by atoms with E-state index in [1.165, 1.54) is 18.9 Å². The van der Waals surface area contributed by atoms with Crippen LogP contribution in [-0.2, 0) is 16.1 Å². The minimum Gasteiger partial charge on any atom is -0.368 e. The molecule has 0 bridgehead atoms. The quantitative estimate of drug-likeness (QED) is 0.783. The summed E-state index contributed by atoms with van der Waals surface area (Å²) in [5.41, 5.74) is -0.0106. The van der Waals surface area contributed by atoms with Crippen LogP contribution < -0.4 is 10.9 Å². The maximum atomic E-state index is 11.7. The number of ether oxygens (including phenoxy) is 1. The first-order valence-corrected chi connectivity index (χ1v) is 8.19. The smallest absolute Gasteiger partial charge is 0.250 e. The fourth-order valence-corrected chi connectivity index (χ4v) is 2.90. The van der Waals surface area contributed by atoms with Gasteiger partial charge in [0.15, 0.2) is 0 Å². The molecule has 1 amide bonds. The number of aromatic nitrogens is 1. The topological polar surface area (TPSA) is 60.3 Å². The lowest BCUT2D eigenvalue weighted by atomic mass is 9.89. The van der Waals surface area contributed by atoms with E-state index in [2.05, 4.69) is 12.2 Å². The van der Waals surface area contributed by atoms with E-state index < -0.39 is 0 Å². The Morgan fingerprint density at radius 3 is 3.05 bits per heavy atom. The van der Waals surface area contributed by atoms with Crippen molar-refractivity contribution >= 4 is 5.91 Å². The van der Waals surface area contributed by atoms with Crippen LogP contribution in [0.3, 0.4) is 0 Å². The number of nitrogens with one attached hydrogen (secondary N) is 1. The van der Waals surface area contributed by atoms with Crippen LogP contribution in [-0.4, -0.2) is 29.7 Å². The summed E-state index contributed by atoms with van der Waals surface area (Å²) in [5.74, 6) is 0.629. The summed E-state index contributed by atoms with van der Waals surface area (Å²) in [6.07, 6.45) is 7.31. The number of carbonyl (C=O) groups is 1. The van der Waals surface area contributed by atoms with Crippen LogP contribution in [0.4, 0.5) is 0 Å². The number of hydrogen-bond acceptors (Lipinski definition) is 3. The zero-order valence-corrected chi connectivity index (χ0v) is 13.3. The molecule has 1 fully saturated rings. The van der Waals surface area contributed by atoms with Gasteiger partial charge in [-0.05, 0) is 31.2 Å². The fraction of sp³-hybridized carbons (Fsp3) is 0.647. The monoisotopic (exact) mass is 306 g/mol. The lowest BCUT2D eigenvalue weighted by Crippen LogP contribution is -2.32. The van der Waals surface area contributed by atoms with Gasteiger partial charge >= 0.3 is 0 Å². The third-order valence-electron chi connectivity index (χ3n) is 4.14. The SMILES string of the molecule is C[C@H]1CCC[C@H](OCC(=O)NCCCn2ccccc2=O)C1. The predicted molar refractivity (Wildman–Crippen MR) is 85.7 cm³/mol. The van der Waals surface area contributed by atoms with E-state index in [0.29, 0.717) is 19.0 Å². The molecule has 1 aliphatic carbocycles. The molecule has 5 heteroatoms. The van der Waals surface area contributed by atoms with Crippen LogP contribution in [0.1, 0.15) is 39.0 Å². The molecule has 1 saturated carbocycles. The highest BCUT2D eigenvalue weighted by atomic mass is 16.5. The Hall–Kier alpha value is -1.62. The summed E-state index contributed by atoms with van der Waals surface area (Å²) >= 11 is 0. The molecule has 0 radical (unpaired) electrons. The van der Waals surface area contributed by atoms with Crippen molar-refractivity contribution in [2.24, 2.45) is 5.92 Å². The van der Waals surface area contributed by atoms with Crippen molar-refractivity contribution in [2.45, 2.75) is 51.7 Å². The van der Waals surface area contributed by atoms with Gasteiger partial charge in [-0.3, -0.25) is 9.59 Å². The molecule has 0 spiro atoms. The first-order chi connectivity index (χ1) is 10.6. The van der Waals surface area contributed by atoms with Crippen LogP contribution in [0.15, 0.2) is 29.2 Å². The van der Waals surface area contributed by atoms with E-state index in [4.69, 9.17) is 4.74 Å². The molecule has 22 heavy (non-hydrogen) atoms. The third-order valence-corrected chi connectivity index (χ3v) is 4.14. The van der Waals surface area contributed by atoms with E-state index in [1.54, 1.807) is 16.8 Å². The highest BCUT2D eigenvalue weighted by Gasteiger charge is 2.19. The molecule has 2 atom stereocenters. The highest BCUT2D eigenvalue weighted by Crippen LogP contribution is 2.25. The first kappa shape index (κ1) is 16.7. The minimum atomic E-state index is -0.0707. The van der Waals surface area contributed by atoms with E-state index in [1.807, 2.05) is 6.07 Å². The lowest BCUT2D eigenvalue weighted by molar-refractivity contribution is -0.128. The summed E-state index contributed by atoms with van der Waals surface area (Å²) < 4.78 is 7.33. The maximum absolute atomic E-state index is 11.7. The lowest BCUT2D eigenvalue weighted by Gasteiger charge is -2.26. The summed E-state index contributed by atoms with van der Waals surface area (Å²) in [6.45, 7) is 3.55. The number of aryl methyl sites for hydroxylation is 1. The van der Waals surface area contributed by atoms with Gasteiger partial charge in [0.1, 0.15) is 6.61 Å². The number of hydrogen-bond donors (Lipinski definition) is 1. The summed E-state index contributed by atoms with van der Waals surface area (Å²) in [7, 11) is 0. The van der Waals surface area contributed by atoms with Gasteiger partial charge in [0.2, 0.25) is 11.5 Å². The van der Waals surface area contributed by atoms with Crippen molar-refractivity contribution < 1.29 is 9.53 Å². The van der Waals surface area contributed by atoms with E-state index in [0.717, 1.165) is 19.3 Å². The Bertz CT molecular complexity index is 527. The molecule has 0 saturated heterocycles. The van der Waals surface area contributed by atoms with Crippen LogP contribution in [0.5, 0.6) is 0 Å². The van der Waals surface area contributed by atoms with Gasteiger partial charge in [-0.1, -0.05) is 25.8 Å². The maximum Gasteiger partial charge on any atom is 0.250 e. The van der Waals surface area contributed by atoms with Crippen molar-refractivity contribution in [1.29, 1.82) is 0 Å². The predicted octanol–water partition coefficient (Wildman–Crippen LogP) is 1.95. The van der Waals surface area contributed by atoms with Crippen molar-refractivity contribution in [1.82, 2.24) is 9.88 Å². The van der Waals surface area contributed by atoms with Crippen LogP contribution in [0.2, 0.25) is 0 Å². The molecule has 5 nitrogen and oxygen atoms in total. The minimum absolute atomic E-state index is 0.0106. The number of pyridine rings is 1. The Labute approximate surface area is 131 Å². The Morgan fingerprint density at radius 2 is 2.27 bits per heavy atom.